The molecule has 0 saturated heterocycles. The van der Waals surface area contributed by atoms with E-state index < -0.39 is 13.9 Å². The highest BCUT2D eigenvalue weighted by atomic mass is 31.2. The van der Waals surface area contributed by atoms with Gasteiger partial charge in [0, 0.05) is 19.6 Å². The number of carbonyl (C=O) groups excluding carboxylic acids is 1. The Kier molecular flexibility index (Phi) is 47.8. The summed E-state index contributed by atoms with van der Waals surface area (Å²) in [6.45, 7) is 4.88. The number of phosphoric ester groups is 1. The molecule has 0 rings (SSSR count). The first-order chi connectivity index (χ1) is 29.9. The Morgan fingerprint density at radius 3 is 1.31 bits per heavy atom. The number of hydrogen-bond donors (Lipinski definition) is 2. The Bertz CT molecular complexity index is 1120. The molecule has 2 atom stereocenters. The molecule has 0 saturated carbocycles. The minimum atomic E-state index is -4.29. The summed E-state index contributed by atoms with van der Waals surface area (Å²) in [6, 6.07) is 0. The van der Waals surface area contributed by atoms with E-state index in [4.69, 9.17) is 24.3 Å². The van der Waals surface area contributed by atoms with Gasteiger partial charge in [-0.3, -0.25) is 13.8 Å². The van der Waals surface area contributed by atoms with Crippen molar-refractivity contribution in [2.75, 3.05) is 33.0 Å². The van der Waals surface area contributed by atoms with Gasteiger partial charge in [-0.1, -0.05) is 197 Å². The molecule has 0 spiro atoms. The predicted molar refractivity (Wildman–Crippen MR) is 261 cm³/mol. The van der Waals surface area contributed by atoms with E-state index in [1.807, 2.05) is 0 Å². The van der Waals surface area contributed by atoms with E-state index in [1.165, 1.54) is 135 Å². The quantitative estimate of drug-likeness (QED) is 0.0269. The molecule has 0 aromatic rings. The molecule has 0 aromatic carbocycles. The van der Waals surface area contributed by atoms with Crippen molar-refractivity contribution in [3.8, 4) is 0 Å². The molecule has 0 amide bonds. The number of esters is 1. The highest BCUT2D eigenvalue weighted by Gasteiger charge is 2.25. The molecule has 356 valence electrons. The first kappa shape index (κ1) is 59.2. The molecule has 0 heterocycles. The number of phosphoric acid groups is 1. The van der Waals surface area contributed by atoms with Gasteiger partial charge in [0.05, 0.1) is 19.8 Å². The van der Waals surface area contributed by atoms with Crippen molar-refractivity contribution in [2.24, 2.45) is 5.73 Å². The Morgan fingerprint density at radius 1 is 0.492 bits per heavy atom. The van der Waals surface area contributed by atoms with Gasteiger partial charge in [0.25, 0.3) is 0 Å². The zero-order chi connectivity index (χ0) is 44.4. The van der Waals surface area contributed by atoms with Crippen LogP contribution in [0.1, 0.15) is 226 Å². The number of ether oxygens (including phenoxy) is 2. The summed E-state index contributed by atoms with van der Waals surface area (Å²) in [5, 5.41) is 0. The maximum Gasteiger partial charge on any atom is 0.472 e. The number of hydrogen-bond acceptors (Lipinski definition) is 7. The summed E-state index contributed by atoms with van der Waals surface area (Å²) in [7, 11) is -4.29. The van der Waals surface area contributed by atoms with Gasteiger partial charge in [0.1, 0.15) is 6.10 Å². The zero-order valence-electron chi connectivity index (χ0n) is 39.6. The molecule has 0 aliphatic rings. The standard InChI is InChI=1S/C52H96NO7P/c1-3-5-7-9-11-13-15-17-19-21-22-23-24-25-26-27-28-29-30-32-34-36-38-40-42-44-47-57-49-51(50-59-61(55,56)58-48-46-53)60-52(54)45-43-41-39-37-35-33-31-20-18-16-14-12-10-8-6-4-2/h14-17,20-22,24-25,31,51H,3-13,18-19,23,26-30,32-50,53H2,1-2H3,(H,55,56)/b16-14-,17-15-,22-21-,25-24-,31-20-. The van der Waals surface area contributed by atoms with E-state index in [9.17, 15) is 14.3 Å². The molecule has 3 N–H and O–H groups in total. The third kappa shape index (κ3) is 49.1. The average molecular weight is 878 g/mol. The van der Waals surface area contributed by atoms with Gasteiger partial charge in [0.2, 0.25) is 0 Å². The van der Waals surface area contributed by atoms with Gasteiger partial charge in [-0.2, -0.15) is 0 Å². The molecule has 61 heavy (non-hydrogen) atoms. The van der Waals surface area contributed by atoms with Crippen LogP contribution in [0.2, 0.25) is 0 Å². The third-order valence-corrected chi connectivity index (χ3v) is 11.6. The van der Waals surface area contributed by atoms with Crippen molar-refractivity contribution in [1.29, 1.82) is 0 Å². The van der Waals surface area contributed by atoms with Crippen molar-refractivity contribution >= 4 is 13.8 Å². The van der Waals surface area contributed by atoms with Crippen molar-refractivity contribution in [1.82, 2.24) is 0 Å². The van der Waals surface area contributed by atoms with Crippen molar-refractivity contribution in [2.45, 2.75) is 232 Å². The summed E-state index contributed by atoms with van der Waals surface area (Å²) in [5.41, 5.74) is 5.38. The lowest BCUT2D eigenvalue weighted by atomic mass is 10.1. The van der Waals surface area contributed by atoms with E-state index >= 15 is 0 Å². The van der Waals surface area contributed by atoms with Gasteiger partial charge in [-0.05, 0) is 83.5 Å². The number of allylic oxidation sites excluding steroid dienone is 10. The zero-order valence-corrected chi connectivity index (χ0v) is 40.5. The molecule has 0 aliphatic heterocycles. The molecule has 0 radical (unpaired) electrons. The van der Waals surface area contributed by atoms with Crippen molar-refractivity contribution in [3.63, 3.8) is 0 Å². The van der Waals surface area contributed by atoms with Crippen LogP contribution in [0.15, 0.2) is 60.8 Å². The molecule has 0 aromatic heterocycles. The Hall–Kier alpha value is -1.80. The molecule has 0 bridgehead atoms. The van der Waals surface area contributed by atoms with Crippen LogP contribution in [-0.4, -0.2) is 49.9 Å². The highest BCUT2D eigenvalue weighted by Crippen LogP contribution is 2.43. The summed E-state index contributed by atoms with van der Waals surface area (Å²) in [5.74, 6) is -0.345. The van der Waals surface area contributed by atoms with Crippen LogP contribution < -0.4 is 5.73 Å². The smallest absolute Gasteiger partial charge is 0.457 e. The normalized spacial score (nSPS) is 13.8. The summed E-state index contributed by atoms with van der Waals surface area (Å²) >= 11 is 0. The van der Waals surface area contributed by atoms with Gasteiger partial charge in [-0.15, -0.1) is 0 Å². The van der Waals surface area contributed by atoms with E-state index in [0.29, 0.717) is 13.0 Å². The van der Waals surface area contributed by atoms with Gasteiger partial charge in [-0.25, -0.2) is 4.57 Å². The predicted octanol–water partition coefficient (Wildman–Crippen LogP) is 15.7. The monoisotopic (exact) mass is 878 g/mol. The molecular formula is C52H96NO7P. The number of nitrogens with two attached hydrogens (primary N) is 1. The molecule has 2 unspecified atom stereocenters. The molecule has 0 aliphatic carbocycles. The minimum Gasteiger partial charge on any atom is -0.457 e. The summed E-state index contributed by atoms with van der Waals surface area (Å²) in [6.07, 6.45) is 61.1. The fraction of sp³-hybridized carbons (Fsp3) is 0.788. The maximum absolute atomic E-state index is 12.6. The van der Waals surface area contributed by atoms with Gasteiger partial charge < -0.3 is 20.1 Å². The van der Waals surface area contributed by atoms with Crippen LogP contribution in [0.5, 0.6) is 0 Å². The van der Waals surface area contributed by atoms with Crippen LogP contribution >= 0.6 is 7.82 Å². The molecule has 0 fully saturated rings. The molecule has 9 heteroatoms. The van der Waals surface area contributed by atoms with Gasteiger partial charge >= 0.3 is 13.8 Å². The van der Waals surface area contributed by atoms with E-state index in [1.54, 1.807) is 0 Å². The Morgan fingerprint density at radius 2 is 0.869 bits per heavy atom. The van der Waals surface area contributed by atoms with E-state index in [2.05, 4.69) is 74.6 Å². The lowest BCUT2D eigenvalue weighted by molar-refractivity contribution is -0.154. The number of carbonyl (C=O) groups is 1. The second-order valence-corrected chi connectivity index (χ2v) is 18.1. The van der Waals surface area contributed by atoms with Gasteiger partial charge in [0.15, 0.2) is 0 Å². The number of rotatable bonds is 48. The second-order valence-electron chi connectivity index (χ2n) is 16.7. The summed E-state index contributed by atoms with van der Waals surface area (Å²) in [4.78, 5) is 22.5. The summed E-state index contributed by atoms with van der Waals surface area (Å²) < 4.78 is 33.5. The first-order valence-electron chi connectivity index (χ1n) is 25.3. The fourth-order valence-corrected chi connectivity index (χ4v) is 7.68. The van der Waals surface area contributed by atoms with Crippen LogP contribution in [0.3, 0.4) is 0 Å². The molecular weight excluding hydrogens is 782 g/mol. The Balaban J connectivity index is 3.95. The first-order valence-corrected chi connectivity index (χ1v) is 26.8. The van der Waals surface area contributed by atoms with Crippen molar-refractivity contribution in [3.05, 3.63) is 60.8 Å². The van der Waals surface area contributed by atoms with E-state index in [-0.39, 0.29) is 32.3 Å². The van der Waals surface area contributed by atoms with Crippen LogP contribution in [0.4, 0.5) is 0 Å². The number of unbranched alkanes of at least 4 members (excludes halogenated alkanes) is 25. The topological polar surface area (TPSA) is 117 Å². The fourth-order valence-electron chi connectivity index (χ4n) is 6.92. The van der Waals surface area contributed by atoms with E-state index in [0.717, 1.165) is 70.6 Å². The highest BCUT2D eigenvalue weighted by molar-refractivity contribution is 7.47. The lowest BCUT2D eigenvalue weighted by Crippen LogP contribution is -2.28. The largest absolute Gasteiger partial charge is 0.472 e. The third-order valence-electron chi connectivity index (χ3n) is 10.7. The molecule has 8 nitrogen and oxygen atoms in total. The average Bonchev–Trinajstić information content (AvgIpc) is 3.25. The van der Waals surface area contributed by atoms with Crippen LogP contribution in [0.25, 0.3) is 0 Å². The lowest BCUT2D eigenvalue weighted by Gasteiger charge is -2.20. The maximum atomic E-state index is 12.6. The van der Waals surface area contributed by atoms with Crippen molar-refractivity contribution < 1.29 is 32.8 Å². The SMILES string of the molecule is CCCCCC/C=C\C/C=C\CCCCCCCC(=O)OC(COCCCCCCCCCCCCC/C=C\C/C=C\C/C=C\CCCCCCC)COP(=O)(O)OCCN. The van der Waals surface area contributed by atoms with Crippen LogP contribution in [-0.2, 0) is 27.9 Å². The van der Waals surface area contributed by atoms with Crippen LogP contribution in [0, 0.1) is 0 Å². The second kappa shape index (κ2) is 49.2. The minimum absolute atomic E-state index is 0.0955. The Labute approximate surface area is 376 Å².